The van der Waals surface area contributed by atoms with Gasteiger partial charge in [0.05, 0.1) is 17.5 Å². The summed E-state index contributed by atoms with van der Waals surface area (Å²) in [6.07, 6.45) is -4.37. The zero-order valence-corrected chi connectivity index (χ0v) is 8.65. The van der Waals surface area contributed by atoms with Crippen LogP contribution in [0.25, 0.3) is 6.08 Å². The first-order valence-corrected chi connectivity index (χ1v) is 4.54. The maximum absolute atomic E-state index is 12.5. The van der Waals surface area contributed by atoms with Crippen molar-refractivity contribution in [2.24, 2.45) is 0 Å². The van der Waals surface area contributed by atoms with Gasteiger partial charge in [-0.25, -0.2) is 0 Å². The van der Waals surface area contributed by atoms with Crippen molar-refractivity contribution in [1.29, 1.82) is 0 Å². The van der Waals surface area contributed by atoms with Crippen LogP contribution in [0.15, 0.2) is 29.8 Å². The van der Waals surface area contributed by atoms with E-state index >= 15 is 0 Å². The SMILES string of the molecule is O=C([O-])C(=Cc1ccccc1C(F)(F)F)C(=O)[O-]. The van der Waals surface area contributed by atoms with Crippen molar-refractivity contribution in [2.45, 2.75) is 6.18 Å². The summed E-state index contributed by atoms with van der Waals surface area (Å²) in [5.74, 6) is -4.24. The average molecular weight is 258 g/mol. The van der Waals surface area contributed by atoms with E-state index in [-0.39, 0.29) is 0 Å². The Morgan fingerprint density at radius 2 is 1.56 bits per heavy atom. The van der Waals surface area contributed by atoms with Crippen molar-refractivity contribution in [3.8, 4) is 0 Å². The second-order valence-electron chi connectivity index (χ2n) is 3.22. The molecule has 0 amide bonds. The normalized spacial score (nSPS) is 10.8. The van der Waals surface area contributed by atoms with Crippen LogP contribution in [-0.2, 0) is 15.8 Å². The van der Waals surface area contributed by atoms with Crippen LogP contribution in [0.2, 0.25) is 0 Å². The third-order valence-electron chi connectivity index (χ3n) is 2.01. The summed E-state index contributed by atoms with van der Waals surface area (Å²) in [4.78, 5) is 20.8. The third-order valence-corrected chi connectivity index (χ3v) is 2.01. The molecule has 4 nitrogen and oxygen atoms in total. The molecule has 96 valence electrons. The molecule has 0 saturated carbocycles. The molecule has 0 spiro atoms. The predicted molar refractivity (Wildman–Crippen MR) is 49.4 cm³/mol. The van der Waals surface area contributed by atoms with Gasteiger partial charge in [0.15, 0.2) is 0 Å². The van der Waals surface area contributed by atoms with E-state index < -0.39 is 34.8 Å². The Morgan fingerprint density at radius 3 is 2.00 bits per heavy atom. The predicted octanol–water partition coefficient (Wildman–Crippen LogP) is -0.411. The highest BCUT2D eigenvalue weighted by molar-refractivity contribution is 6.14. The minimum atomic E-state index is -4.73. The number of carbonyl (C=O) groups is 2. The fraction of sp³-hybridized carbons (Fsp3) is 0.0909. The van der Waals surface area contributed by atoms with Gasteiger partial charge < -0.3 is 19.8 Å². The topological polar surface area (TPSA) is 80.3 Å². The molecule has 1 aromatic rings. The van der Waals surface area contributed by atoms with Gasteiger partial charge in [-0.05, 0) is 17.7 Å². The van der Waals surface area contributed by atoms with E-state index in [1.54, 1.807) is 0 Å². The summed E-state index contributed by atoms with van der Waals surface area (Å²) < 4.78 is 37.6. The van der Waals surface area contributed by atoms with Crippen molar-refractivity contribution < 1.29 is 33.0 Å². The summed E-state index contributed by atoms with van der Waals surface area (Å²) in [5, 5.41) is 20.8. The number of carboxylic acids is 2. The highest BCUT2D eigenvalue weighted by atomic mass is 19.4. The molecule has 0 atom stereocenters. The lowest BCUT2D eigenvalue weighted by molar-refractivity contribution is -0.311. The number of aliphatic carboxylic acids is 2. The first-order chi connectivity index (χ1) is 8.23. The zero-order valence-electron chi connectivity index (χ0n) is 8.65. The van der Waals surface area contributed by atoms with Crippen LogP contribution in [0.3, 0.4) is 0 Å². The standard InChI is InChI=1S/C11H7F3O4/c12-11(13,14)8-4-2-1-3-6(8)5-7(9(15)16)10(17)18/h1-5H,(H,15,16)(H,17,18)/p-2. The molecule has 0 fully saturated rings. The summed E-state index contributed by atoms with van der Waals surface area (Å²) in [6, 6.07) is 3.95. The number of halogens is 3. The van der Waals surface area contributed by atoms with Gasteiger partial charge in [-0.2, -0.15) is 13.2 Å². The van der Waals surface area contributed by atoms with Crippen molar-refractivity contribution in [2.75, 3.05) is 0 Å². The van der Waals surface area contributed by atoms with Crippen molar-refractivity contribution in [1.82, 2.24) is 0 Å². The quantitative estimate of drug-likeness (QED) is 0.419. The lowest BCUT2D eigenvalue weighted by Gasteiger charge is -2.13. The van der Waals surface area contributed by atoms with Crippen molar-refractivity contribution in [3.05, 3.63) is 41.0 Å². The van der Waals surface area contributed by atoms with Gasteiger partial charge in [-0.3, -0.25) is 0 Å². The van der Waals surface area contributed by atoms with Crippen LogP contribution in [-0.4, -0.2) is 11.9 Å². The third kappa shape index (κ3) is 3.09. The smallest absolute Gasteiger partial charge is 0.416 e. The lowest BCUT2D eigenvalue weighted by Crippen LogP contribution is -2.36. The highest BCUT2D eigenvalue weighted by Crippen LogP contribution is 2.32. The molecule has 0 saturated heterocycles. The number of carbonyl (C=O) groups excluding carboxylic acids is 2. The molecule has 1 rings (SSSR count). The molecule has 0 aliphatic carbocycles. The molecular weight excluding hydrogens is 253 g/mol. The monoisotopic (exact) mass is 258 g/mol. The molecule has 1 aromatic carbocycles. The van der Waals surface area contributed by atoms with E-state index in [4.69, 9.17) is 0 Å². The van der Waals surface area contributed by atoms with Gasteiger partial charge in [-0.15, -0.1) is 0 Å². The Hall–Kier alpha value is -2.31. The van der Waals surface area contributed by atoms with E-state index in [1.807, 2.05) is 0 Å². The van der Waals surface area contributed by atoms with Crippen LogP contribution in [0.4, 0.5) is 13.2 Å². The van der Waals surface area contributed by atoms with E-state index in [0.29, 0.717) is 12.1 Å². The van der Waals surface area contributed by atoms with E-state index in [0.717, 1.165) is 12.1 Å². The van der Waals surface area contributed by atoms with E-state index in [2.05, 4.69) is 0 Å². The van der Waals surface area contributed by atoms with Crippen LogP contribution in [0, 0.1) is 0 Å². The van der Waals surface area contributed by atoms with Gasteiger partial charge >= 0.3 is 6.18 Å². The maximum atomic E-state index is 12.5. The fourth-order valence-corrected chi connectivity index (χ4v) is 1.24. The van der Waals surface area contributed by atoms with Gasteiger partial charge in [0.2, 0.25) is 0 Å². The number of carboxylic acid groups (broad SMARTS) is 2. The molecule has 0 aromatic heterocycles. The molecule has 0 aliphatic rings. The van der Waals surface area contributed by atoms with Crippen molar-refractivity contribution >= 4 is 18.0 Å². The first-order valence-electron chi connectivity index (χ1n) is 4.54. The molecule has 7 heteroatoms. The number of benzene rings is 1. The van der Waals surface area contributed by atoms with E-state index in [9.17, 15) is 33.0 Å². The number of alkyl halides is 3. The zero-order chi connectivity index (χ0) is 13.9. The molecule has 0 heterocycles. The second kappa shape index (κ2) is 4.91. The molecule has 0 N–H and O–H groups in total. The maximum Gasteiger partial charge on any atom is 0.416 e. The van der Waals surface area contributed by atoms with Gasteiger partial charge in [0.1, 0.15) is 0 Å². The number of hydrogen-bond donors (Lipinski definition) is 0. The molecule has 0 unspecified atom stereocenters. The van der Waals surface area contributed by atoms with Crippen LogP contribution < -0.4 is 10.2 Å². The Labute approximate surface area is 99.0 Å². The number of rotatable bonds is 3. The van der Waals surface area contributed by atoms with Crippen molar-refractivity contribution in [3.63, 3.8) is 0 Å². The Morgan fingerprint density at radius 1 is 1.06 bits per heavy atom. The Balaban J connectivity index is 3.38. The fourth-order valence-electron chi connectivity index (χ4n) is 1.24. The molecular formula is C11H5F3O4-2. The molecule has 0 radical (unpaired) electrons. The minimum Gasteiger partial charge on any atom is -0.545 e. The Kier molecular flexibility index (Phi) is 3.75. The lowest BCUT2D eigenvalue weighted by atomic mass is 10.0. The Bertz CT molecular complexity index is 501. The van der Waals surface area contributed by atoms with E-state index in [1.165, 1.54) is 6.07 Å². The summed E-state index contributed by atoms with van der Waals surface area (Å²) >= 11 is 0. The summed E-state index contributed by atoms with van der Waals surface area (Å²) in [5.41, 5.74) is -3.09. The van der Waals surface area contributed by atoms with Gasteiger partial charge in [-0.1, -0.05) is 18.2 Å². The highest BCUT2D eigenvalue weighted by Gasteiger charge is 2.32. The first kappa shape index (κ1) is 13.8. The van der Waals surface area contributed by atoms with Crippen LogP contribution in [0.5, 0.6) is 0 Å². The molecule has 18 heavy (non-hydrogen) atoms. The summed E-state index contributed by atoms with van der Waals surface area (Å²) in [6.45, 7) is 0. The summed E-state index contributed by atoms with van der Waals surface area (Å²) in [7, 11) is 0. The number of hydrogen-bond acceptors (Lipinski definition) is 4. The average Bonchev–Trinajstić information content (AvgIpc) is 2.24. The van der Waals surface area contributed by atoms with Gasteiger partial charge in [0.25, 0.3) is 0 Å². The molecule has 0 bridgehead atoms. The largest absolute Gasteiger partial charge is 0.545 e. The van der Waals surface area contributed by atoms with Gasteiger partial charge in [0, 0.05) is 5.57 Å². The minimum absolute atomic E-state index is 0.355. The molecule has 0 aliphatic heterocycles. The van der Waals surface area contributed by atoms with Crippen LogP contribution >= 0.6 is 0 Å². The second-order valence-corrected chi connectivity index (χ2v) is 3.22. The van der Waals surface area contributed by atoms with Crippen LogP contribution in [0.1, 0.15) is 11.1 Å².